The number of benzene rings is 1. The number of carbonyl (C=O) groups excluding carboxylic acids is 3. The van der Waals surface area contributed by atoms with Crippen molar-refractivity contribution in [2.24, 2.45) is 0 Å². The number of hydrogen-bond donors (Lipinski definition) is 2. The summed E-state index contributed by atoms with van der Waals surface area (Å²) in [7, 11) is 1.79. The first-order valence-corrected chi connectivity index (χ1v) is 6.96. The third-order valence-corrected chi connectivity index (χ3v) is 3.74. The summed E-state index contributed by atoms with van der Waals surface area (Å²) in [4.78, 5) is 35.7. The maximum atomic E-state index is 11.9. The van der Waals surface area contributed by atoms with Gasteiger partial charge in [0.15, 0.2) is 0 Å². The number of piperidine rings is 1. The Labute approximate surface area is 123 Å². The van der Waals surface area contributed by atoms with Gasteiger partial charge in [-0.15, -0.1) is 0 Å². The Morgan fingerprint density at radius 1 is 1.43 bits per heavy atom. The minimum atomic E-state index is -0.414. The highest BCUT2D eigenvalue weighted by Crippen LogP contribution is 2.29. The number of rotatable bonds is 5. The Morgan fingerprint density at radius 3 is 2.81 bits per heavy atom. The molecule has 0 spiro atoms. The van der Waals surface area contributed by atoms with E-state index in [1.165, 1.54) is 0 Å². The van der Waals surface area contributed by atoms with Gasteiger partial charge in [-0.05, 0) is 30.5 Å². The van der Waals surface area contributed by atoms with Crippen molar-refractivity contribution in [3.05, 3.63) is 23.8 Å². The topological polar surface area (TPSA) is 78.5 Å². The summed E-state index contributed by atoms with van der Waals surface area (Å²) >= 11 is 0. The Morgan fingerprint density at radius 2 is 2.19 bits per heavy atom. The molecule has 0 aromatic heterocycles. The van der Waals surface area contributed by atoms with Crippen LogP contribution in [-0.2, 0) is 20.8 Å². The van der Waals surface area contributed by atoms with Gasteiger partial charge in [-0.3, -0.25) is 19.7 Å². The summed E-state index contributed by atoms with van der Waals surface area (Å²) in [6.45, 7) is 2.03. The molecule has 0 aliphatic carbocycles. The van der Waals surface area contributed by atoms with Gasteiger partial charge < -0.3 is 10.2 Å². The second kappa shape index (κ2) is 6.39. The summed E-state index contributed by atoms with van der Waals surface area (Å²) in [5.41, 5.74) is 2.52. The molecule has 21 heavy (non-hydrogen) atoms. The van der Waals surface area contributed by atoms with E-state index in [0.29, 0.717) is 24.9 Å². The minimum Gasteiger partial charge on any atom is -0.361 e. The average molecular weight is 289 g/mol. The molecule has 1 saturated heterocycles. The van der Waals surface area contributed by atoms with Crippen LogP contribution < -0.4 is 15.5 Å². The summed E-state index contributed by atoms with van der Waals surface area (Å²) in [6, 6.07) is 5.33. The number of amides is 3. The van der Waals surface area contributed by atoms with Crippen LogP contribution >= 0.6 is 0 Å². The predicted octanol–water partition coefficient (Wildman–Crippen LogP) is 1.06. The Balaban J connectivity index is 2.29. The molecule has 1 aromatic carbocycles. The van der Waals surface area contributed by atoms with E-state index in [4.69, 9.17) is 0 Å². The maximum Gasteiger partial charge on any atom is 0.249 e. The van der Waals surface area contributed by atoms with Crippen molar-refractivity contribution in [3.63, 3.8) is 0 Å². The standard InChI is InChI=1S/C15H19N3O3/c1-3-10-4-5-12(11(8-10)16-9-19)18(2)13-6-7-14(20)17-15(13)21/h4-5,8-9,13H,3,6-7H2,1-2H3,(H,16,19)(H,17,20,21). The highest BCUT2D eigenvalue weighted by molar-refractivity contribution is 6.02. The SMILES string of the molecule is CCc1ccc(N(C)C2CCC(=O)NC2=O)c(NC=O)c1. The maximum absolute atomic E-state index is 11.9. The molecule has 2 N–H and O–H groups in total. The molecule has 6 nitrogen and oxygen atoms in total. The van der Waals surface area contributed by atoms with Gasteiger partial charge in [-0.2, -0.15) is 0 Å². The first-order chi connectivity index (χ1) is 10.1. The number of imide groups is 1. The highest BCUT2D eigenvalue weighted by atomic mass is 16.2. The zero-order chi connectivity index (χ0) is 15.4. The summed E-state index contributed by atoms with van der Waals surface area (Å²) in [5.74, 6) is -0.539. The van der Waals surface area contributed by atoms with Gasteiger partial charge >= 0.3 is 0 Å². The van der Waals surface area contributed by atoms with Crippen LogP contribution in [0.25, 0.3) is 0 Å². The predicted molar refractivity (Wildman–Crippen MR) is 80.1 cm³/mol. The fourth-order valence-electron chi connectivity index (χ4n) is 2.51. The third-order valence-electron chi connectivity index (χ3n) is 3.74. The smallest absolute Gasteiger partial charge is 0.249 e. The van der Waals surface area contributed by atoms with E-state index in [1.54, 1.807) is 11.9 Å². The monoisotopic (exact) mass is 289 g/mol. The van der Waals surface area contributed by atoms with Crippen molar-refractivity contribution >= 4 is 29.6 Å². The van der Waals surface area contributed by atoms with Crippen molar-refractivity contribution in [2.45, 2.75) is 32.2 Å². The van der Waals surface area contributed by atoms with Crippen LogP contribution in [0.4, 0.5) is 11.4 Å². The Hall–Kier alpha value is -2.37. The van der Waals surface area contributed by atoms with E-state index in [2.05, 4.69) is 10.6 Å². The number of likely N-dealkylation sites (N-methyl/N-ethyl adjacent to an activating group) is 1. The van der Waals surface area contributed by atoms with Crippen LogP contribution in [0.3, 0.4) is 0 Å². The lowest BCUT2D eigenvalue weighted by Crippen LogP contribution is -2.51. The lowest BCUT2D eigenvalue weighted by molar-refractivity contribution is -0.134. The molecule has 0 saturated carbocycles. The Bertz CT molecular complexity index is 571. The molecular formula is C15H19N3O3. The summed E-state index contributed by atoms with van der Waals surface area (Å²) in [6.07, 6.45) is 2.27. The molecule has 6 heteroatoms. The van der Waals surface area contributed by atoms with Gasteiger partial charge in [0.1, 0.15) is 6.04 Å². The van der Waals surface area contributed by atoms with Crippen molar-refractivity contribution < 1.29 is 14.4 Å². The fourth-order valence-corrected chi connectivity index (χ4v) is 2.51. The van der Waals surface area contributed by atoms with Crippen LogP contribution in [0.5, 0.6) is 0 Å². The van der Waals surface area contributed by atoms with Gasteiger partial charge in [-0.1, -0.05) is 13.0 Å². The summed E-state index contributed by atoms with van der Waals surface area (Å²) < 4.78 is 0. The first-order valence-electron chi connectivity index (χ1n) is 6.96. The molecule has 1 heterocycles. The van der Waals surface area contributed by atoms with Gasteiger partial charge in [0.05, 0.1) is 11.4 Å². The van der Waals surface area contributed by atoms with Crippen LogP contribution in [0, 0.1) is 0 Å². The van der Waals surface area contributed by atoms with Crippen molar-refractivity contribution in [1.82, 2.24) is 5.32 Å². The lowest BCUT2D eigenvalue weighted by atomic mass is 10.0. The largest absolute Gasteiger partial charge is 0.361 e. The number of nitrogens with zero attached hydrogens (tertiary/aromatic N) is 1. The van der Waals surface area contributed by atoms with E-state index in [9.17, 15) is 14.4 Å². The second-order valence-corrected chi connectivity index (χ2v) is 5.05. The molecule has 2 rings (SSSR count). The normalized spacial score (nSPS) is 18.1. The summed E-state index contributed by atoms with van der Waals surface area (Å²) in [5, 5.41) is 5.02. The third kappa shape index (κ3) is 3.21. The van der Waals surface area contributed by atoms with Gasteiger partial charge in [0.2, 0.25) is 18.2 Å². The Kier molecular flexibility index (Phi) is 4.57. The zero-order valence-electron chi connectivity index (χ0n) is 12.2. The highest BCUT2D eigenvalue weighted by Gasteiger charge is 2.30. The molecule has 3 amide bonds. The van der Waals surface area contributed by atoms with Crippen LogP contribution in [-0.4, -0.2) is 31.3 Å². The molecule has 0 bridgehead atoms. The first kappa shape index (κ1) is 15.0. The average Bonchev–Trinajstić information content (AvgIpc) is 2.47. The fraction of sp³-hybridized carbons (Fsp3) is 0.400. The van der Waals surface area contributed by atoms with Gasteiger partial charge in [0.25, 0.3) is 0 Å². The quantitative estimate of drug-likeness (QED) is 0.627. The lowest BCUT2D eigenvalue weighted by Gasteiger charge is -2.32. The van der Waals surface area contributed by atoms with E-state index >= 15 is 0 Å². The molecule has 1 aromatic rings. The molecule has 1 atom stereocenters. The van der Waals surface area contributed by atoms with Gasteiger partial charge in [-0.25, -0.2) is 0 Å². The molecule has 1 aliphatic rings. The van der Waals surface area contributed by atoms with Gasteiger partial charge in [0, 0.05) is 13.5 Å². The number of hydrogen-bond acceptors (Lipinski definition) is 4. The molecule has 1 fully saturated rings. The molecule has 0 radical (unpaired) electrons. The van der Waals surface area contributed by atoms with Crippen molar-refractivity contribution in [3.8, 4) is 0 Å². The van der Waals surface area contributed by atoms with E-state index in [1.807, 2.05) is 25.1 Å². The van der Waals surface area contributed by atoms with E-state index in [-0.39, 0.29) is 11.8 Å². The van der Waals surface area contributed by atoms with Crippen LogP contribution in [0.2, 0.25) is 0 Å². The molecule has 112 valence electrons. The van der Waals surface area contributed by atoms with Crippen LogP contribution in [0.15, 0.2) is 18.2 Å². The number of carbonyl (C=O) groups is 3. The number of nitrogens with one attached hydrogen (secondary N) is 2. The van der Waals surface area contributed by atoms with Crippen LogP contribution in [0.1, 0.15) is 25.3 Å². The van der Waals surface area contributed by atoms with E-state index < -0.39 is 6.04 Å². The minimum absolute atomic E-state index is 0.239. The molecular weight excluding hydrogens is 270 g/mol. The molecule has 1 unspecified atom stereocenters. The van der Waals surface area contributed by atoms with Crippen molar-refractivity contribution in [2.75, 3.05) is 17.3 Å². The zero-order valence-corrected chi connectivity index (χ0v) is 12.2. The van der Waals surface area contributed by atoms with E-state index in [0.717, 1.165) is 17.7 Å². The van der Waals surface area contributed by atoms with Crippen molar-refractivity contribution in [1.29, 1.82) is 0 Å². The number of aryl methyl sites for hydroxylation is 1. The number of anilines is 2. The second-order valence-electron chi connectivity index (χ2n) is 5.05. The molecule has 1 aliphatic heterocycles.